The van der Waals surface area contributed by atoms with Crippen LogP contribution in [0, 0.1) is 5.92 Å². The maximum atomic E-state index is 13.3. The first-order valence-corrected chi connectivity index (χ1v) is 14.9. The summed E-state index contributed by atoms with van der Waals surface area (Å²) in [5.74, 6) is -1.08. The van der Waals surface area contributed by atoms with Crippen LogP contribution in [0.5, 0.6) is 5.75 Å². The fourth-order valence-corrected chi connectivity index (χ4v) is 6.15. The SMILES string of the molecule is CCn1nc(C(=O)NCC2CCC(S(C)(=O)=O)CC2)c(Cl)c1-c1cnc(N[C@@H](C)CC(F)(F)F)cc1OC(F)F. The lowest BCUT2D eigenvalue weighted by molar-refractivity contribution is -0.136. The van der Waals surface area contributed by atoms with E-state index in [4.69, 9.17) is 11.6 Å². The first-order chi connectivity index (χ1) is 18.6. The van der Waals surface area contributed by atoms with Gasteiger partial charge in [0.2, 0.25) is 0 Å². The Kier molecular flexibility index (Phi) is 10.3. The third-order valence-corrected chi connectivity index (χ3v) is 8.67. The number of nitrogens with zero attached hydrogens (tertiary/aromatic N) is 3. The lowest BCUT2D eigenvalue weighted by Crippen LogP contribution is -2.34. The molecule has 2 aromatic rings. The van der Waals surface area contributed by atoms with Crippen LogP contribution >= 0.6 is 11.6 Å². The summed E-state index contributed by atoms with van der Waals surface area (Å²) >= 11 is 6.51. The van der Waals surface area contributed by atoms with Gasteiger partial charge in [-0.25, -0.2) is 13.4 Å². The third kappa shape index (κ3) is 8.41. The highest BCUT2D eigenvalue weighted by Gasteiger charge is 2.31. The minimum Gasteiger partial charge on any atom is -0.434 e. The van der Waals surface area contributed by atoms with Crippen molar-refractivity contribution in [2.75, 3.05) is 18.1 Å². The number of aryl methyl sites for hydroxylation is 1. The molecule has 1 aliphatic rings. The van der Waals surface area contributed by atoms with E-state index in [2.05, 4.69) is 25.5 Å². The monoisotopic (exact) mass is 615 g/mol. The van der Waals surface area contributed by atoms with Crippen LogP contribution < -0.4 is 15.4 Å². The molecule has 1 atom stereocenters. The van der Waals surface area contributed by atoms with E-state index < -0.39 is 46.7 Å². The molecule has 0 saturated heterocycles. The van der Waals surface area contributed by atoms with Crippen LogP contribution in [0.15, 0.2) is 12.3 Å². The molecule has 0 radical (unpaired) electrons. The second kappa shape index (κ2) is 12.9. The molecule has 224 valence electrons. The number of sulfone groups is 1. The van der Waals surface area contributed by atoms with Crippen molar-refractivity contribution in [1.29, 1.82) is 0 Å². The van der Waals surface area contributed by atoms with Gasteiger partial charge in [0.1, 0.15) is 21.4 Å². The standard InChI is InChI=1S/C24H31ClF5N5O4S/c1-4-35-21(16-12-31-18(9-17(16)39-23(26)27)33-13(2)10-24(28,29)30)19(25)20(34-35)22(36)32-11-14-5-7-15(8-6-14)40(3,37)38/h9,12-15,23H,4-8,10-11H2,1-3H3,(H,31,33)(H,32,36)/t13-,14?,15?/m0/s1. The number of ether oxygens (including phenoxy) is 1. The van der Waals surface area contributed by atoms with Gasteiger partial charge in [-0.1, -0.05) is 11.6 Å². The van der Waals surface area contributed by atoms with Gasteiger partial charge in [0, 0.05) is 37.7 Å². The van der Waals surface area contributed by atoms with Gasteiger partial charge in [0.15, 0.2) is 5.69 Å². The fourth-order valence-electron chi connectivity index (χ4n) is 4.69. The number of anilines is 1. The van der Waals surface area contributed by atoms with Gasteiger partial charge in [0.25, 0.3) is 5.91 Å². The van der Waals surface area contributed by atoms with E-state index in [1.807, 2.05) is 0 Å². The summed E-state index contributed by atoms with van der Waals surface area (Å²) in [6.45, 7) is 0.151. The van der Waals surface area contributed by atoms with E-state index in [-0.39, 0.29) is 52.0 Å². The van der Waals surface area contributed by atoms with Gasteiger partial charge in [-0.3, -0.25) is 9.48 Å². The lowest BCUT2D eigenvalue weighted by Gasteiger charge is -2.27. The average Bonchev–Trinajstić information content (AvgIpc) is 3.17. The smallest absolute Gasteiger partial charge is 0.391 e. The molecule has 1 saturated carbocycles. The molecule has 0 bridgehead atoms. The number of rotatable bonds is 11. The second-order valence-corrected chi connectivity index (χ2v) is 12.5. The van der Waals surface area contributed by atoms with E-state index in [1.54, 1.807) is 6.92 Å². The zero-order valence-corrected chi connectivity index (χ0v) is 23.6. The van der Waals surface area contributed by atoms with E-state index in [0.717, 1.165) is 12.3 Å². The summed E-state index contributed by atoms with van der Waals surface area (Å²) in [4.78, 5) is 17.0. The number of aromatic nitrogens is 3. The lowest BCUT2D eigenvalue weighted by atomic mass is 9.89. The van der Waals surface area contributed by atoms with Crippen molar-refractivity contribution in [3.05, 3.63) is 23.0 Å². The zero-order chi connectivity index (χ0) is 29.8. The minimum absolute atomic E-state index is 0.0354. The van der Waals surface area contributed by atoms with E-state index in [9.17, 15) is 35.2 Å². The van der Waals surface area contributed by atoms with Crippen LogP contribution in [0.4, 0.5) is 27.8 Å². The van der Waals surface area contributed by atoms with Crippen LogP contribution in [0.2, 0.25) is 5.02 Å². The van der Waals surface area contributed by atoms with Crippen LogP contribution in [0.1, 0.15) is 56.4 Å². The molecule has 1 fully saturated rings. The van der Waals surface area contributed by atoms with Crippen LogP contribution in [0.3, 0.4) is 0 Å². The quantitative estimate of drug-likeness (QED) is 0.329. The number of carbonyl (C=O) groups is 1. The predicted octanol–water partition coefficient (Wildman–Crippen LogP) is 5.31. The van der Waals surface area contributed by atoms with Gasteiger partial charge in [0.05, 0.1) is 28.0 Å². The third-order valence-electron chi connectivity index (χ3n) is 6.63. The Morgan fingerprint density at radius 3 is 2.45 bits per heavy atom. The highest BCUT2D eigenvalue weighted by molar-refractivity contribution is 7.91. The molecule has 3 rings (SSSR count). The molecular weight excluding hydrogens is 585 g/mol. The summed E-state index contributed by atoms with van der Waals surface area (Å²) in [7, 11) is -3.12. The topological polar surface area (TPSA) is 115 Å². The predicted molar refractivity (Wildman–Crippen MR) is 139 cm³/mol. The molecule has 9 nitrogen and oxygen atoms in total. The molecule has 1 amide bonds. The van der Waals surface area contributed by atoms with Crippen molar-refractivity contribution in [3.8, 4) is 17.0 Å². The van der Waals surface area contributed by atoms with E-state index in [1.165, 1.54) is 17.9 Å². The summed E-state index contributed by atoms with van der Waals surface area (Å²) in [6, 6.07) is -0.0659. The number of alkyl halides is 5. The Bertz CT molecular complexity index is 1300. The molecule has 2 aromatic heterocycles. The van der Waals surface area contributed by atoms with Crippen LogP contribution in [-0.4, -0.2) is 66.0 Å². The maximum absolute atomic E-state index is 13.3. The summed E-state index contributed by atoms with van der Waals surface area (Å²) in [5.41, 5.74) is -0.125. The molecule has 40 heavy (non-hydrogen) atoms. The largest absolute Gasteiger partial charge is 0.434 e. The first kappa shape index (κ1) is 31.8. The van der Waals surface area contributed by atoms with E-state index in [0.29, 0.717) is 25.7 Å². The molecule has 2 heterocycles. The number of hydrogen-bond acceptors (Lipinski definition) is 7. The molecule has 0 spiro atoms. The van der Waals surface area contributed by atoms with Gasteiger partial charge in [-0.2, -0.15) is 27.1 Å². The first-order valence-electron chi connectivity index (χ1n) is 12.6. The number of carbonyl (C=O) groups excluding carboxylic acids is 1. The number of halogens is 6. The number of nitrogens with one attached hydrogen (secondary N) is 2. The maximum Gasteiger partial charge on any atom is 0.391 e. The van der Waals surface area contributed by atoms with Gasteiger partial charge in [-0.15, -0.1) is 0 Å². The van der Waals surface area contributed by atoms with Crippen LogP contribution in [-0.2, 0) is 16.4 Å². The van der Waals surface area contributed by atoms with Crippen molar-refractivity contribution in [1.82, 2.24) is 20.1 Å². The minimum atomic E-state index is -4.44. The second-order valence-electron chi connectivity index (χ2n) is 9.82. The van der Waals surface area contributed by atoms with Crippen molar-refractivity contribution < 1.29 is 39.9 Å². The number of amides is 1. The molecule has 2 N–H and O–H groups in total. The average molecular weight is 616 g/mol. The highest BCUT2D eigenvalue weighted by Crippen LogP contribution is 2.38. The van der Waals surface area contributed by atoms with Gasteiger partial charge < -0.3 is 15.4 Å². The molecular formula is C24H31ClF5N5O4S. The van der Waals surface area contributed by atoms with Gasteiger partial charge in [-0.05, 0) is 45.4 Å². The zero-order valence-electron chi connectivity index (χ0n) is 22.1. The van der Waals surface area contributed by atoms with Crippen molar-refractivity contribution >= 4 is 33.2 Å². The van der Waals surface area contributed by atoms with Crippen LogP contribution in [0.25, 0.3) is 11.3 Å². The normalized spacial score (nSPS) is 18.9. The number of hydrogen-bond donors (Lipinski definition) is 2. The molecule has 0 unspecified atom stereocenters. The Balaban J connectivity index is 1.81. The van der Waals surface area contributed by atoms with Crippen molar-refractivity contribution in [2.24, 2.45) is 5.92 Å². The fraction of sp³-hybridized carbons (Fsp3) is 0.625. The van der Waals surface area contributed by atoms with Gasteiger partial charge >= 0.3 is 12.8 Å². The summed E-state index contributed by atoms with van der Waals surface area (Å²) in [5, 5.41) is 8.96. The molecule has 0 aliphatic heterocycles. The molecule has 1 aliphatic carbocycles. The van der Waals surface area contributed by atoms with Crippen molar-refractivity contribution in [3.63, 3.8) is 0 Å². The Labute approximate surface area is 233 Å². The summed E-state index contributed by atoms with van der Waals surface area (Å²) in [6.07, 6.45) is -1.02. The van der Waals surface area contributed by atoms with E-state index >= 15 is 0 Å². The summed E-state index contributed by atoms with van der Waals surface area (Å²) < 4.78 is 94.1. The molecule has 0 aromatic carbocycles. The molecule has 16 heteroatoms. The Morgan fingerprint density at radius 2 is 1.90 bits per heavy atom. The van der Waals surface area contributed by atoms with Crippen molar-refractivity contribution in [2.45, 2.75) is 76.6 Å². The Morgan fingerprint density at radius 1 is 1.25 bits per heavy atom. The highest BCUT2D eigenvalue weighted by atomic mass is 35.5. The number of pyridine rings is 1. The Hall–Kier alpha value is -2.68.